The molecule has 2 atom stereocenters. The molecule has 2 unspecified atom stereocenters. The zero-order chi connectivity index (χ0) is 19.2. The Hall–Kier alpha value is -3.16. The van der Waals surface area contributed by atoms with Gasteiger partial charge < -0.3 is 16.4 Å². The van der Waals surface area contributed by atoms with Crippen molar-refractivity contribution in [3.8, 4) is 0 Å². The van der Waals surface area contributed by atoms with Crippen LogP contribution in [-0.4, -0.2) is 20.4 Å². The lowest BCUT2D eigenvalue weighted by Crippen LogP contribution is -2.48. The van der Waals surface area contributed by atoms with Crippen LogP contribution in [0.3, 0.4) is 0 Å². The predicted molar refractivity (Wildman–Crippen MR) is 103 cm³/mol. The van der Waals surface area contributed by atoms with Crippen LogP contribution in [0.1, 0.15) is 42.2 Å². The number of allylic oxidation sites excluding steroid dienone is 1. The predicted octanol–water partition coefficient (Wildman–Crippen LogP) is 2.04. The molecule has 27 heavy (non-hydrogen) atoms. The number of amides is 1. The van der Waals surface area contributed by atoms with E-state index in [4.69, 9.17) is 5.73 Å². The van der Waals surface area contributed by atoms with Gasteiger partial charge in [0, 0.05) is 6.07 Å². The number of carbonyl (C=O) groups excluding carboxylic acids is 1. The van der Waals surface area contributed by atoms with Crippen LogP contribution in [0.2, 0.25) is 0 Å². The van der Waals surface area contributed by atoms with E-state index >= 15 is 0 Å². The van der Waals surface area contributed by atoms with Crippen molar-refractivity contribution in [2.75, 3.05) is 11.1 Å². The van der Waals surface area contributed by atoms with E-state index in [-0.39, 0.29) is 11.5 Å². The van der Waals surface area contributed by atoms with Crippen LogP contribution in [0.25, 0.3) is 0 Å². The Bertz CT molecular complexity index is 1010. The molecule has 1 aliphatic carbocycles. The lowest BCUT2D eigenvalue weighted by molar-refractivity contribution is 0.0922. The Morgan fingerprint density at radius 2 is 2.19 bits per heavy atom. The maximum Gasteiger partial charge on any atom is 0.277 e. The van der Waals surface area contributed by atoms with Gasteiger partial charge in [0.15, 0.2) is 0 Å². The molecule has 8 nitrogen and oxygen atoms in total. The zero-order valence-corrected chi connectivity index (χ0v) is 15.3. The molecule has 0 bridgehead atoms. The zero-order valence-electron chi connectivity index (χ0n) is 15.3. The van der Waals surface area contributed by atoms with Crippen LogP contribution in [0.4, 0.5) is 17.3 Å². The minimum absolute atomic E-state index is 0.219. The number of nitrogens with zero attached hydrogens (tertiary/aromatic N) is 3. The van der Waals surface area contributed by atoms with Crippen molar-refractivity contribution in [2.24, 2.45) is 5.92 Å². The van der Waals surface area contributed by atoms with E-state index in [2.05, 4.69) is 33.6 Å². The molecule has 0 radical (unpaired) electrons. The number of nitrogen functional groups attached to an aromatic ring is 1. The van der Waals surface area contributed by atoms with Crippen molar-refractivity contribution in [2.45, 2.75) is 38.8 Å². The highest BCUT2D eigenvalue weighted by molar-refractivity contribution is 5.97. The van der Waals surface area contributed by atoms with Gasteiger partial charge in [0.05, 0.1) is 0 Å². The van der Waals surface area contributed by atoms with E-state index in [0.717, 1.165) is 18.4 Å². The largest absolute Gasteiger partial charge is 0.384 e. The first-order valence-electron chi connectivity index (χ1n) is 9.05. The minimum Gasteiger partial charge on any atom is -0.384 e. The number of fused-ring (bicyclic) bond motifs is 2. The Morgan fingerprint density at radius 1 is 1.37 bits per heavy atom. The summed E-state index contributed by atoms with van der Waals surface area (Å²) in [6.07, 6.45) is 7.97. The Morgan fingerprint density at radius 3 is 2.93 bits per heavy atom. The molecule has 0 aromatic carbocycles. The normalized spacial score (nSPS) is 23.3. The number of hydrogen-bond acceptors (Lipinski definition) is 6. The van der Waals surface area contributed by atoms with Gasteiger partial charge in [0.2, 0.25) is 0 Å². The lowest BCUT2D eigenvalue weighted by atomic mass is 9.85. The second kappa shape index (κ2) is 6.22. The monoisotopic (exact) mass is 366 g/mol. The summed E-state index contributed by atoms with van der Waals surface area (Å²) in [7, 11) is 0. The number of nitrogens with two attached hydrogens (primary N) is 1. The fourth-order valence-electron chi connectivity index (χ4n) is 4.00. The molecule has 0 saturated carbocycles. The Kier molecular flexibility index (Phi) is 3.98. The van der Waals surface area contributed by atoms with E-state index in [1.165, 1.54) is 6.33 Å². The SMILES string of the molecule is CCC1CC=CC2(C1)NC(=O)c1c(C)cc(Nc3cc(N)ncn3)c(=O)n12. The summed E-state index contributed by atoms with van der Waals surface area (Å²) >= 11 is 0. The van der Waals surface area contributed by atoms with Gasteiger partial charge in [0.1, 0.15) is 35.0 Å². The average molecular weight is 366 g/mol. The van der Waals surface area contributed by atoms with Gasteiger partial charge in [-0.1, -0.05) is 19.4 Å². The topological polar surface area (TPSA) is 115 Å². The van der Waals surface area contributed by atoms with Gasteiger partial charge in [0.25, 0.3) is 11.5 Å². The molecule has 8 heteroatoms. The number of pyridine rings is 1. The van der Waals surface area contributed by atoms with Crippen molar-refractivity contribution in [1.29, 1.82) is 0 Å². The maximum atomic E-state index is 13.3. The molecule has 4 rings (SSSR count). The summed E-state index contributed by atoms with van der Waals surface area (Å²) in [4.78, 5) is 33.9. The highest BCUT2D eigenvalue weighted by Gasteiger charge is 2.45. The molecule has 0 fully saturated rings. The molecule has 2 aromatic rings. The molecule has 2 aliphatic rings. The second-order valence-electron chi connectivity index (χ2n) is 7.18. The maximum absolute atomic E-state index is 13.3. The van der Waals surface area contributed by atoms with Crippen molar-refractivity contribution >= 4 is 23.2 Å². The third-order valence-corrected chi connectivity index (χ3v) is 5.33. The summed E-state index contributed by atoms with van der Waals surface area (Å²) < 4.78 is 1.59. The minimum atomic E-state index is -0.810. The van der Waals surface area contributed by atoms with Crippen LogP contribution < -0.4 is 21.9 Å². The highest BCUT2D eigenvalue weighted by atomic mass is 16.2. The van der Waals surface area contributed by atoms with Crippen LogP contribution in [0, 0.1) is 12.8 Å². The molecule has 1 amide bonds. The molecular weight excluding hydrogens is 344 g/mol. The molecule has 2 aromatic heterocycles. The van der Waals surface area contributed by atoms with Gasteiger partial charge in [-0.3, -0.25) is 14.2 Å². The Labute approximate surface area is 156 Å². The first-order valence-corrected chi connectivity index (χ1v) is 9.05. The van der Waals surface area contributed by atoms with Gasteiger partial charge in [-0.15, -0.1) is 0 Å². The van der Waals surface area contributed by atoms with Gasteiger partial charge in [-0.25, -0.2) is 9.97 Å². The first kappa shape index (κ1) is 17.3. The smallest absolute Gasteiger partial charge is 0.277 e. The van der Waals surface area contributed by atoms with Crippen LogP contribution in [-0.2, 0) is 5.66 Å². The number of anilines is 3. The fourth-order valence-corrected chi connectivity index (χ4v) is 4.00. The van der Waals surface area contributed by atoms with E-state index in [1.54, 1.807) is 16.7 Å². The third-order valence-electron chi connectivity index (χ3n) is 5.33. The summed E-state index contributed by atoms with van der Waals surface area (Å²) in [5.41, 5.74) is 6.09. The van der Waals surface area contributed by atoms with Crippen molar-refractivity contribution in [3.63, 3.8) is 0 Å². The number of hydrogen-bond donors (Lipinski definition) is 3. The average Bonchev–Trinajstić information content (AvgIpc) is 2.91. The van der Waals surface area contributed by atoms with Crippen molar-refractivity contribution in [3.05, 3.63) is 52.2 Å². The van der Waals surface area contributed by atoms with Crippen LogP contribution in [0.15, 0.2) is 35.4 Å². The van der Waals surface area contributed by atoms with Gasteiger partial charge >= 0.3 is 0 Å². The molecule has 140 valence electrons. The molecule has 3 heterocycles. The van der Waals surface area contributed by atoms with Crippen LogP contribution in [0.5, 0.6) is 0 Å². The Balaban J connectivity index is 1.85. The molecule has 0 saturated heterocycles. The summed E-state index contributed by atoms with van der Waals surface area (Å²) in [6, 6.07) is 3.23. The fraction of sp³-hybridized carbons (Fsp3) is 0.368. The number of aromatic nitrogens is 3. The van der Waals surface area contributed by atoms with E-state index in [0.29, 0.717) is 35.4 Å². The number of carbonyl (C=O) groups is 1. The standard InChI is InChI=1S/C19H22N6O2/c1-3-12-5-4-6-19(9-12)24-17(26)16-11(2)7-13(18(27)25(16)19)23-15-8-14(20)21-10-22-15/h4,6-8,10,12H,3,5,9H2,1-2H3,(H,24,26)(H3,20,21,22,23). The summed E-state index contributed by atoms with van der Waals surface area (Å²) in [6.45, 7) is 3.95. The van der Waals surface area contributed by atoms with Gasteiger partial charge in [-0.2, -0.15) is 0 Å². The molecule has 4 N–H and O–H groups in total. The van der Waals surface area contributed by atoms with Crippen molar-refractivity contribution in [1.82, 2.24) is 19.9 Å². The van der Waals surface area contributed by atoms with Gasteiger partial charge in [-0.05, 0) is 43.4 Å². The first-order chi connectivity index (χ1) is 12.9. The van der Waals surface area contributed by atoms with E-state index < -0.39 is 5.66 Å². The number of aryl methyl sites for hydroxylation is 1. The number of rotatable bonds is 3. The molecule has 1 aliphatic heterocycles. The van der Waals surface area contributed by atoms with E-state index in [1.807, 2.05) is 13.0 Å². The summed E-state index contributed by atoms with van der Waals surface area (Å²) in [5, 5.41) is 6.06. The summed E-state index contributed by atoms with van der Waals surface area (Å²) in [5.74, 6) is 0.923. The quantitative estimate of drug-likeness (QED) is 0.716. The second-order valence-corrected chi connectivity index (χ2v) is 7.18. The van der Waals surface area contributed by atoms with Crippen LogP contribution >= 0.6 is 0 Å². The van der Waals surface area contributed by atoms with Crippen molar-refractivity contribution < 1.29 is 4.79 Å². The van der Waals surface area contributed by atoms with E-state index in [9.17, 15) is 9.59 Å². The highest BCUT2D eigenvalue weighted by Crippen LogP contribution is 2.37. The number of nitrogens with one attached hydrogen (secondary N) is 2. The molecular formula is C19H22N6O2. The third kappa shape index (κ3) is 2.77. The molecule has 1 spiro atoms. The lowest BCUT2D eigenvalue weighted by Gasteiger charge is -2.35.